The SMILES string of the molecule is CSCc1ccc(C(=O)N2CC(C(=O)N3CCOCC3)Oc3ccccc32)cc1. The first-order chi connectivity index (χ1) is 14.2. The number of carbonyl (C=O) groups excluding carboxylic acids is 2. The summed E-state index contributed by atoms with van der Waals surface area (Å²) in [6, 6.07) is 15.0. The zero-order valence-corrected chi connectivity index (χ0v) is 17.2. The minimum Gasteiger partial charge on any atom is -0.476 e. The van der Waals surface area contributed by atoms with Crippen molar-refractivity contribution in [3.63, 3.8) is 0 Å². The fourth-order valence-electron chi connectivity index (χ4n) is 3.61. The average Bonchev–Trinajstić information content (AvgIpc) is 2.78. The third-order valence-corrected chi connectivity index (χ3v) is 5.75. The fourth-order valence-corrected chi connectivity index (χ4v) is 4.13. The maximum Gasteiger partial charge on any atom is 0.265 e. The van der Waals surface area contributed by atoms with Crippen LogP contribution in [0.1, 0.15) is 15.9 Å². The number of benzene rings is 2. The first-order valence-corrected chi connectivity index (χ1v) is 11.1. The van der Waals surface area contributed by atoms with Crippen molar-refractivity contribution in [3.8, 4) is 5.75 Å². The van der Waals surface area contributed by atoms with Gasteiger partial charge in [0.2, 0.25) is 0 Å². The van der Waals surface area contributed by atoms with Crippen molar-refractivity contribution in [1.29, 1.82) is 0 Å². The predicted octanol–water partition coefficient (Wildman–Crippen LogP) is 2.82. The predicted molar refractivity (Wildman–Crippen MR) is 114 cm³/mol. The maximum atomic E-state index is 13.3. The second kappa shape index (κ2) is 8.88. The van der Waals surface area contributed by atoms with Crippen LogP contribution >= 0.6 is 11.8 Å². The van der Waals surface area contributed by atoms with Crippen molar-refractivity contribution in [1.82, 2.24) is 4.90 Å². The van der Waals surface area contributed by atoms with Crippen LogP contribution in [0.25, 0.3) is 0 Å². The van der Waals surface area contributed by atoms with Gasteiger partial charge in [-0.05, 0) is 36.1 Å². The summed E-state index contributed by atoms with van der Waals surface area (Å²) in [4.78, 5) is 29.7. The standard InChI is InChI=1S/C22H24N2O4S/c1-29-15-16-6-8-17(9-7-16)21(25)24-14-20(22(26)23-10-12-27-13-11-23)28-19-5-3-2-4-18(19)24/h2-9,20H,10-15H2,1H3. The molecular weight excluding hydrogens is 388 g/mol. The molecule has 29 heavy (non-hydrogen) atoms. The highest BCUT2D eigenvalue weighted by molar-refractivity contribution is 7.97. The molecule has 0 bridgehead atoms. The Bertz CT molecular complexity index is 881. The van der Waals surface area contributed by atoms with Crippen LogP contribution in [0.3, 0.4) is 0 Å². The van der Waals surface area contributed by atoms with Crippen molar-refractivity contribution in [2.24, 2.45) is 0 Å². The fraction of sp³-hybridized carbons (Fsp3) is 0.364. The highest BCUT2D eigenvalue weighted by atomic mass is 32.2. The second-order valence-electron chi connectivity index (χ2n) is 7.06. The Morgan fingerprint density at radius 3 is 2.52 bits per heavy atom. The summed E-state index contributed by atoms with van der Waals surface area (Å²) in [5, 5.41) is 0. The number of hydrogen-bond donors (Lipinski definition) is 0. The van der Waals surface area contributed by atoms with Crippen LogP contribution in [0.15, 0.2) is 48.5 Å². The van der Waals surface area contributed by atoms with Crippen molar-refractivity contribution in [2.75, 3.05) is 44.0 Å². The molecule has 7 heteroatoms. The molecule has 0 N–H and O–H groups in total. The van der Waals surface area contributed by atoms with E-state index in [1.807, 2.05) is 42.5 Å². The van der Waals surface area contributed by atoms with Gasteiger partial charge in [-0.15, -0.1) is 0 Å². The Kier molecular flexibility index (Phi) is 6.06. The number of thioether (sulfide) groups is 1. The number of amides is 2. The molecule has 2 aromatic carbocycles. The quantitative estimate of drug-likeness (QED) is 0.773. The molecule has 1 saturated heterocycles. The third kappa shape index (κ3) is 4.26. The molecule has 1 fully saturated rings. The molecule has 2 aliphatic heterocycles. The zero-order chi connectivity index (χ0) is 20.2. The van der Waals surface area contributed by atoms with Crippen molar-refractivity contribution < 1.29 is 19.1 Å². The lowest BCUT2D eigenvalue weighted by molar-refractivity contribution is -0.142. The normalized spacial score (nSPS) is 18.7. The van der Waals surface area contributed by atoms with E-state index in [1.54, 1.807) is 27.6 Å². The minimum atomic E-state index is -0.720. The van der Waals surface area contributed by atoms with E-state index < -0.39 is 6.10 Å². The monoisotopic (exact) mass is 412 g/mol. The number of carbonyl (C=O) groups is 2. The number of morpholine rings is 1. The van der Waals surface area contributed by atoms with Gasteiger partial charge >= 0.3 is 0 Å². The van der Waals surface area contributed by atoms with Crippen molar-refractivity contribution >= 4 is 29.3 Å². The van der Waals surface area contributed by atoms with Gasteiger partial charge in [-0.25, -0.2) is 0 Å². The van der Waals surface area contributed by atoms with Gasteiger partial charge in [0.1, 0.15) is 5.75 Å². The van der Waals surface area contributed by atoms with Gasteiger partial charge in [-0.2, -0.15) is 11.8 Å². The second-order valence-corrected chi connectivity index (χ2v) is 7.92. The van der Waals surface area contributed by atoms with Crippen molar-refractivity contribution in [3.05, 3.63) is 59.7 Å². The molecule has 2 amide bonds. The van der Waals surface area contributed by atoms with Crippen LogP contribution in [0.4, 0.5) is 5.69 Å². The Balaban J connectivity index is 1.59. The van der Waals surface area contributed by atoms with Crippen LogP contribution in [0, 0.1) is 0 Å². The van der Waals surface area contributed by atoms with Crippen LogP contribution < -0.4 is 9.64 Å². The number of rotatable bonds is 4. The molecule has 2 aromatic rings. The van der Waals surface area contributed by atoms with E-state index in [4.69, 9.17) is 9.47 Å². The Morgan fingerprint density at radius 1 is 1.07 bits per heavy atom. The average molecular weight is 413 g/mol. The number of nitrogens with zero attached hydrogens (tertiary/aromatic N) is 2. The van der Waals surface area contributed by atoms with Crippen molar-refractivity contribution in [2.45, 2.75) is 11.9 Å². The molecule has 0 aliphatic carbocycles. The summed E-state index contributed by atoms with van der Waals surface area (Å²) in [6.07, 6.45) is 1.33. The molecule has 2 aliphatic rings. The summed E-state index contributed by atoms with van der Waals surface area (Å²) in [5.74, 6) is 1.23. The van der Waals surface area contributed by atoms with Gasteiger partial charge in [-0.3, -0.25) is 9.59 Å². The Labute approximate surface area is 174 Å². The van der Waals surface area contributed by atoms with E-state index in [0.29, 0.717) is 43.3 Å². The number of anilines is 1. The van der Waals surface area contributed by atoms with Crippen LogP contribution in [-0.4, -0.2) is 61.9 Å². The van der Waals surface area contributed by atoms with E-state index in [0.717, 1.165) is 5.75 Å². The summed E-state index contributed by atoms with van der Waals surface area (Å²) < 4.78 is 11.3. The number of ether oxygens (including phenoxy) is 2. The lowest BCUT2D eigenvalue weighted by Crippen LogP contribution is -2.54. The highest BCUT2D eigenvalue weighted by Gasteiger charge is 2.36. The van der Waals surface area contributed by atoms with E-state index in [1.165, 1.54) is 5.56 Å². The smallest absolute Gasteiger partial charge is 0.265 e. The third-order valence-electron chi connectivity index (χ3n) is 5.13. The van der Waals surface area contributed by atoms with Crippen LogP contribution in [-0.2, 0) is 15.3 Å². The lowest BCUT2D eigenvalue weighted by atomic mass is 10.1. The molecular formula is C22H24N2O4S. The van der Waals surface area contributed by atoms with Crippen LogP contribution in [0.5, 0.6) is 5.75 Å². The highest BCUT2D eigenvalue weighted by Crippen LogP contribution is 2.34. The Morgan fingerprint density at radius 2 is 1.79 bits per heavy atom. The van der Waals surface area contributed by atoms with E-state index >= 15 is 0 Å². The zero-order valence-electron chi connectivity index (χ0n) is 16.4. The van der Waals surface area contributed by atoms with Crippen LogP contribution in [0.2, 0.25) is 0 Å². The molecule has 1 unspecified atom stereocenters. The topological polar surface area (TPSA) is 59.1 Å². The number of fused-ring (bicyclic) bond motifs is 1. The number of hydrogen-bond acceptors (Lipinski definition) is 5. The lowest BCUT2D eigenvalue weighted by Gasteiger charge is -2.37. The van der Waals surface area contributed by atoms with E-state index in [-0.39, 0.29) is 18.4 Å². The Hall–Kier alpha value is -2.51. The summed E-state index contributed by atoms with van der Waals surface area (Å²) in [5.41, 5.74) is 2.47. The van der Waals surface area contributed by atoms with Gasteiger partial charge < -0.3 is 19.3 Å². The summed E-state index contributed by atoms with van der Waals surface area (Å²) >= 11 is 1.74. The molecule has 1 atom stereocenters. The van der Waals surface area contributed by atoms with Gasteiger partial charge in [0.15, 0.2) is 6.10 Å². The van der Waals surface area contributed by atoms with Gasteiger partial charge in [0, 0.05) is 24.4 Å². The maximum absolute atomic E-state index is 13.3. The molecule has 0 saturated carbocycles. The molecule has 4 rings (SSSR count). The summed E-state index contributed by atoms with van der Waals surface area (Å²) in [7, 11) is 0. The molecule has 0 spiro atoms. The number of para-hydroxylation sites is 2. The molecule has 152 valence electrons. The van der Waals surface area contributed by atoms with E-state index in [9.17, 15) is 9.59 Å². The van der Waals surface area contributed by atoms with Gasteiger partial charge in [-0.1, -0.05) is 24.3 Å². The minimum absolute atomic E-state index is 0.101. The van der Waals surface area contributed by atoms with Gasteiger partial charge in [0.05, 0.1) is 25.4 Å². The molecule has 0 aromatic heterocycles. The van der Waals surface area contributed by atoms with E-state index in [2.05, 4.69) is 6.26 Å². The molecule has 2 heterocycles. The molecule has 6 nitrogen and oxygen atoms in total. The molecule has 0 radical (unpaired) electrons. The largest absolute Gasteiger partial charge is 0.476 e. The summed E-state index contributed by atoms with van der Waals surface area (Å²) in [6.45, 7) is 2.34. The first-order valence-electron chi connectivity index (χ1n) is 9.69. The van der Waals surface area contributed by atoms with Gasteiger partial charge in [0.25, 0.3) is 11.8 Å². The first kappa shape index (κ1) is 19.8.